The van der Waals surface area contributed by atoms with Gasteiger partial charge in [-0.05, 0) is 44.9 Å². The van der Waals surface area contributed by atoms with E-state index in [4.69, 9.17) is 15.2 Å². The van der Waals surface area contributed by atoms with Crippen LogP contribution in [0.5, 0.6) is 11.5 Å². The third kappa shape index (κ3) is 4.63. The van der Waals surface area contributed by atoms with E-state index in [1.165, 1.54) is 0 Å². The number of hydrogen-bond donors (Lipinski definition) is 2. The summed E-state index contributed by atoms with van der Waals surface area (Å²) < 4.78 is 10.6. The molecule has 1 atom stereocenters. The molecule has 0 radical (unpaired) electrons. The zero-order chi connectivity index (χ0) is 18.4. The summed E-state index contributed by atoms with van der Waals surface area (Å²) >= 11 is 0. The smallest absolute Gasteiger partial charge is 0.251 e. The van der Waals surface area contributed by atoms with Crippen molar-refractivity contribution in [1.82, 2.24) is 10.2 Å². The lowest BCUT2D eigenvalue weighted by atomic mass is 10.1. The predicted octanol–water partition coefficient (Wildman–Crippen LogP) is 1.08. The van der Waals surface area contributed by atoms with Crippen LogP contribution in [0.1, 0.15) is 35.2 Å². The minimum Gasteiger partial charge on any atom is -0.496 e. The molecule has 1 heterocycles. The van der Waals surface area contributed by atoms with Crippen molar-refractivity contribution in [2.75, 3.05) is 33.9 Å². The van der Waals surface area contributed by atoms with Gasteiger partial charge >= 0.3 is 0 Å². The number of amides is 2. The molecule has 0 unspecified atom stereocenters. The molecule has 1 aliphatic heterocycles. The van der Waals surface area contributed by atoms with Crippen molar-refractivity contribution in [2.45, 2.75) is 32.2 Å². The highest BCUT2D eigenvalue weighted by molar-refractivity contribution is 5.95. The molecular formula is C18H27N3O4. The Morgan fingerprint density at radius 1 is 1.28 bits per heavy atom. The molecule has 1 fully saturated rings. The van der Waals surface area contributed by atoms with E-state index in [1.54, 1.807) is 26.4 Å². The van der Waals surface area contributed by atoms with E-state index >= 15 is 0 Å². The van der Waals surface area contributed by atoms with E-state index in [0.29, 0.717) is 23.6 Å². The number of benzene rings is 1. The molecule has 2 rings (SSSR count). The lowest BCUT2D eigenvalue weighted by molar-refractivity contribution is -0.122. The number of carbonyl (C=O) groups excluding carboxylic acids is 2. The van der Waals surface area contributed by atoms with Crippen molar-refractivity contribution >= 4 is 11.8 Å². The second-order valence-electron chi connectivity index (χ2n) is 6.21. The maximum atomic E-state index is 12.4. The van der Waals surface area contributed by atoms with Gasteiger partial charge in [-0.3, -0.25) is 14.5 Å². The fourth-order valence-corrected chi connectivity index (χ4v) is 3.22. The zero-order valence-electron chi connectivity index (χ0n) is 15.1. The second kappa shape index (κ2) is 8.71. The summed E-state index contributed by atoms with van der Waals surface area (Å²) in [7, 11) is 3.13. The van der Waals surface area contributed by atoms with Crippen LogP contribution in [-0.4, -0.2) is 56.6 Å². The largest absolute Gasteiger partial charge is 0.496 e. The number of nitrogens with two attached hydrogens (primary N) is 1. The molecule has 2 amide bonds. The first-order valence-electron chi connectivity index (χ1n) is 8.52. The van der Waals surface area contributed by atoms with Crippen LogP contribution in [-0.2, 0) is 4.79 Å². The van der Waals surface area contributed by atoms with Crippen LogP contribution in [0.2, 0.25) is 0 Å². The van der Waals surface area contributed by atoms with E-state index in [9.17, 15) is 9.59 Å². The minimum absolute atomic E-state index is 0.165. The predicted molar refractivity (Wildman–Crippen MR) is 95.0 cm³/mol. The molecule has 0 aliphatic carbocycles. The fourth-order valence-electron chi connectivity index (χ4n) is 3.22. The third-order valence-electron chi connectivity index (χ3n) is 4.61. The molecule has 1 aromatic rings. The number of nitrogens with zero attached hydrogens (tertiary/aromatic N) is 1. The summed E-state index contributed by atoms with van der Waals surface area (Å²) in [5, 5.41) is 2.90. The molecule has 3 N–H and O–H groups in total. The maximum absolute atomic E-state index is 12.4. The van der Waals surface area contributed by atoms with Crippen LogP contribution >= 0.6 is 0 Å². The van der Waals surface area contributed by atoms with Crippen molar-refractivity contribution in [1.29, 1.82) is 0 Å². The van der Waals surface area contributed by atoms with Gasteiger partial charge in [0.15, 0.2) is 0 Å². The average molecular weight is 349 g/mol. The zero-order valence-corrected chi connectivity index (χ0v) is 15.1. The molecule has 0 spiro atoms. The number of ether oxygens (including phenoxy) is 2. The van der Waals surface area contributed by atoms with Crippen molar-refractivity contribution in [3.8, 4) is 11.5 Å². The Hall–Kier alpha value is -2.28. The Labute approximate surface area is 148 Å². The first-order valence-corrected chi connectivity index (χ1v) is 8.52. The van der Waals surface area contributed by atoms with E-state index in [2.05, 4.69) is 10.2 Å². The molecular weight excluding hydrogens is 322 g/mol. The lowest BCUT2D eigenvalue weighted by Gasteiger charge is -2.21. The molecule has 138 valence electrons. The maximum Gasteiger partial charge on any atom is 0.251 e. The molecule has 0 aromatic heterocycles. The molecule has 25 heavy (non-hydrogen) atoms. The summed E-state index contributed by atoms with van der Waals surface area (Å²) in [5.41, 5.74) is 6.76. The van der Waals surface area contributed by atoms with Gasteiger partial charge < -0.3 is 20.5 Å². The average Bonchev–Trinajstić information content (AvgIpc) is 3.07. The SMILES string of the molecule is COc1cc(C(=O)NCCCN2CCC[C@@H]2C(N)=O)cc(OC)c1C. The Morgan fingerprint density at radius 3 is 2.48 bits per heavy atom. The topological polar surface area (TPSA) is 93.9 Å². The monoisotopic (exact) mass is 349 g/mol. The van der Waals surface area contributed by atoms with Crippen molar-refractivity contribution in [3.63, 3.8) is 0 Å². The van der Waals surface area contributed by atoms with Gasteiger partial charge in [0, 0.05) is 24.2 Å². The van der Waals surface area contributed by atoms with Crippen LogP contribution in [0.3, 0.4) is 0 Å². The van der Waals surface area contributed by atoms with Gasteiger partial charge in [-0.25, -0.2) is 0 Å². The quantitative estimate of drug-likeness (QED) is 0.685. The molecule has 1 saturated heterocycles. The number of likely N-dealkylation sites (tertiary alicyclic amines) is 1. The lowest BCUT2D eigenvalue weighted by Crippen LogP contribution is -2.41. The van der Waals surface area contributed by atoms with Crippen LogP contribution in [0.25, 0.3) is 0 Å². The first-order chi connectivity index (χ1) is 12.0. The van der Waals surface area contributed by atoms with Crippen LogP contribution in [0.15, 0.2) is 12.1 Å². The number of primary amides is 1. The summed E-state index contributed by atoms with van der Waals surface area (Å²) in [4.78, 5) is 25.8. The van der Waals surface area contributed by atoms with Gasteiger partial charge in [0.2, 0.25) is 5.91 Å². The number of hydrogen-bond acceptors (Lipinski definition) is 5. The van der Waals surface area contributed by atoms with E-state index in [-0.39, 0.29) is 17.9 Å². The van der Waals surface area contributed by atoms with E-state index in [1.807, 2.05) is 6.92 Å². The van der Waals surface area contributed by atoms with Crippen LogP contribution < -0.4 is 20.5 Å². The van der Waals surface area contributed by atoms with Gasteiger partial charge in [0.1, 0.15) is 11.5 Å². The van der Waals surface area contributed by atoms with Gasteiger partial charge in [0.05, 0.1) is 20.3 Å². The van der Waals surface area contributed by atoms with Crippen molar-refractivity contribution in [2.24, 2.45) is 5.73 Å². The normalized spacial score (nSPS) is 17.3. The van der Waals surface area contributed by atoms with Crippen molar-refractivity contribution < 1.29 is 19.1 Å². The Bertz CT molecular complexity index is 608. The minimum atomic E-state index is -0.264. The standard InChI is InChI=1S/C18H27N3O4/c1-12-15(24-2)10-13(11-16(12)25-3)18(23)20-7-5-9-21-8-4-6-14(21)17(19)22/h10-11,14H,4-9H2,1-3H3,(H2,19,22)(H,20,23)/t14-/m1/s1. The summed E-state index contributed by atoms with van der Waals surface area (Å²) in [6.07, 6.45) is 2.57. The van der Waals surface area contributed by atoms with Crippen LogP contribution in [0.4, 0.5) is 0 Å². The molecule has 0 saturated carbocycles. The number of carbonyl (C=O) groups is 2. The van der Waals surface area contributed by atoms with Crippen LogP contribution in [0, 0.1) is 6.92 Å². The molecule has 7 heteroatoms. The molecule has 7 nitrogen and oxygen atoms in total. The third-order valence-corrected chi connectivity index (χ3v) is 4.61. The highest BCUT2D eigenvalue weighted by atomic mass is 16.5. The fraction of sp³-hybridized carbons (Fsp3) is 0.556. The molecule has 0 bridgehead atoms. The first kappa shape index (κ1) is 19.1. The van der Waals surface area contributed by atoms with Gasteiger partial charge in [0.25, 0.3) is 5.91 Å². The highest BCUT2D eigenvalue weighted by Crippen LogP contribution is 2.29. The summed E-state index contributed by atoms with van der Waals surface area (Å²) in [5.74, 6) is 0.793. The van der Waals surface area contributed by atoms with E-state index < -0.39 is 0 Å². The molecule has 1 aliphatic rings. The second-order valence-corrected chi connectivity index (χ2v) is 6.21. The number of nitrogens with one attached hydrogen (secondary N) is 1. The highest BCUT2D eigenvalue weighted by Gasteiger charge is 2.28. The Kier molecular flexibility index (Phi) is 6.64. The van der Waals surface area contributed by atoms with Crippen molar-refractivity contribution in [3.05, 3.63) is 23.3 Å². The number of rotatable bonds is 8. The Balaban J connectivity index is 1.87. The molecule has 1 aromatic carbocycles. The summed E-state index contributed by atoms with van der Waals surface area (Å²) in [6.45, 7) is 4.03. The van der Waals surface area contributed by atoms with Gasteiger partial charge in [-0.15, -0.1) is 0 Å². The number of methoxy groups -OCH3 is 2. The van der Waals surface area contributed by atoms with Gasteiger partial charge in [-0.1, -0.05) is 0 Å². The Morgan fingerprint density at radius 2 is 1.92 bits per heavy atom. The van der Waals surface area contributed by atoms with E-state index in [0.717, 1.165) is 37.9 Å². The van der Waals surface area contributed by atoms with Gasteiger partial charge in [-0.2, -0.15) is 0 Å². The summed E-state index contributed by atoms with van der Waals surface area (Å²) in [6, 6.07) is 3.24.